The summed E-state index contributed by atoms with van der Waals surface area (Å²) in [6, 6.07) is 14.8. The van der Waals surface area contributed by atoms with Gasteiger partial charge in [0.25, 0.3) is 0 Å². The van der Waals surface area contributed by atoms with Crippen molar-refractivity contribution >= 4 is 17.5 Å². The fourth-order valence-corrected chi connectivity index (χ4v) is 3.12. The van der Waals surface area contributed by atoms with Crippen molar-refractivity contribution in [3.05, 3.63) is 54.1 Å². The van der Waals surface area contributed by atoms with Crippen LogP contribution in [0.5, 0.6) is 11.5 Å². The normalized spacial score (nSPS) is 16.5. The van der Waals surface area contributed by atoms with Gasteiger partial charge in [0.2, 0.25) is 11.8 Å². The van der Waals surface area contributed by atoms with Crippen molar-refractivity contribution in [1.29, 1.82) is 0 Å². The lowest BCUT2D eigenvalue weighted by atomic mass is 10.1. The molecule has 26 heavy (non-hydrogen) atoms. The van der Waals surface area contributed by atoms with Crippen molar-refractivity contribution in [3.63, 3.8) is 0 Å². The predicted octanol–water partition coefficient (Wildman–Crippen LogP) is 2.69. The third-order valence-electron chi connectivity index (χ3n) is 4.50. The number of likely N-dealkylation sites (tertiary alicyclic amines) is 1. The molecular weight excluding hydrogens is 332 g/mol. The summed E-state index contributed by atoms with van der Waals surface area (Å²) in [6.07, 6.45) is 0.204. The van der Waals surface area contributed by atoms with Crippen molar-refractivity contribution in [1.82, 2.24) is 4.90 Å². The summed E-state index contributed by atoms with van der Waals surface area (Å²) in [5.74, 6) is 0.738. The SMILES string of the molecule is COc1ccccc1CN1CC(C(=O)Nc2ccccc2OC)CC1=O. The third kappa shape index (κ3) is 3.79. The number of nitrogens with zero attached hydrogens (tertiary/aromatic N) is 1. The monoisotopic (exact) mass is 354 g/mol. The van der Waals surface area contributed by atoms with Gasteiger partial charge in [0.1, 0.15) is 11.5 Å². The van der Waals surface area contributed by atoms with E-state index < -0.39 is 0 Å². The van der Waals surface area contributed by atoms with Crippen LogP contribution < -0.4 is 14.8 Å². The lowest BCUT2D eigenvalue weighted by Gasteiger charge is -2.18. The Balaban J connectivity index is 1.66. The van der Waals surface area contributed by atoms with Crippen molar-refractivity contribution in [2.45, 2.75) is 13.0 Å². The van der Waals surface area contributed by atoms with Crippen LogP contribution in [-0.2, 0) is 16.1 Å². The van der Waals surface area contributed by atoms with E-state index in [9.17, 15) is 9.59 Å². The summed E-state index contributed by atoms with van der Waals surface area (Å²) in [7, 11) is 3.16. The van der Waals surface area contributed by atoms with E-state index >= 15 is 0 Å². The summed E-state index contributed by atoms with van der Waals surface area (Å²) in [4.78, 5) is 26.6. The largest absolute Gasteiger partial charge is 0.496 e. The third-order valence-corrected chi connectivity index (χ3v) is 4.50. The van der Waals surface area contributed by atoms with Crippen molar-refractivity contribution in [2.24, 2.45) is 5.92 Å². The van der Waals surface area contributed by atoms with Crippen LogP contribution in [0.1, 0.15) is 12.0 Å². The average Bonchev–Trinajstić information content (AvgIpc) is 3.03. The minimum absolute atomic E-state index is 0.0314. The van der Waals surface area contributed by atoms with Crippen LogP contribution in [0.25, 0.3) is 0 Å². The molecule has 1 atom stereocenters. The van der Waals surface area contributed by atoms with Crippen molar-refractivity contribution in [3.8, 4) is 11.5 Å². The van der Waals surface area contributed by atoms with Gasteiger partial charge in [-0.2, -0.15) is 0 Å². The van der Waals surface area contributed by atoms with Gasteiger partial charge < -0.3 is 19.7 Å². The lowest BCUT2D eigenvalue weighted by molar-refractivity contribution is -0.128. The molecule has 6 nitrogen and oxygen atoms in total. The van der Waals surface area contributed by atoms with E-state index in [2.05, 4.69) is 5.32 Å². The molecule has 0 spiro atoms. The molecular formula is C20H22N2O4. The second-order valence-corrected chi connectivity index (χ2v) is 6.18. The van der Waals surface area contributed by atoms with E-state index in [-0.39, 0.29) is 24.2 Å². The molecule has 2 amide bonds. The first kappa shape index (κ1) is 17.8. The molecule has 136 valence electrons. The summed E-state index contributed by atoms with van der Waals surface area (Å²) in [6.45, 7) is 0.819. The zero-order valence-corrected chi connectivity index (χ0v) is 14.9. The molecule has 1 unspecified atom stereocenters. The first-order chi connectivity index (χ1) is 12.6. The van der Waals surface area contributed by atoms with Gasteiger partial charge in [-0.15, -0.1) is 0 Å². The minimum Gasteiger partial charge on any atom is -0.496 e. The van der Waals surface area contributed by atoms with Crippen LogP contribution in [0.2, 0.25) is 0 Å². The molecule has 1 saturated heterocycles. The van der Waals surface area contributed by atoms with Gasteiger partial charge in [-0.1, -0.05) is 30.3 Å². The second-order valence-electron chi connectivity index (χ2n) is 6.18. The molecule has 0 aromatic heterocycles. The first-order valence-corrected chi connectivity index (χ1v) is 8.46. The summed E-state index contributed by atoms with van der Waals surface area (Å²) in [5, 5.41) is 2.86. The molecule has 1 aliphatic heterocycles. The van der Waals surface area contributed by atoms with E-state index in [4.69, 9.17) is 9.47 Å². The Labute approximate surface area is 152 Å². The molecule has 1 N–H and O–H groups in total. The van der Waals surface area contributed by atoms with Crippen LogP contribution in [0.3, 0.4) is 0 Å². The number of nitrogens with one attached hydrogen (secondary N) is 1. The van der Waals surface area contributed by atoms with Gasteiger partial charge in [0, 0.05) is 25.1 Å². The van der Waals surface area contributed by atoms with Gasteiger partial charge in [-0.3, -0.25) is 9.59 Å². The molecule has 0 saturated carbocycles. The molecule has 1 aliphatic rings. The Hall–Kier alpha value is -3.02. The molecule has 2 aromatic carbocycles. The smallest absolute Gasteiger partial charge is 0.229 e. The second kappa shape index (κ2) is 7.91. The standard InChI is InChI=1S/C20H22N2O4/c1-25-17-9-5-3-7-14(17)12-22-13-15(11-19(22)23)20(24)21-16-8-4-6-10-18(16)26-2/h3-10,15H,11-13H2,1-2H3,(H,21,24). The number of ether oxygens (including phenoxy) is 2. The van der Waals surface area contributed by atoms with Gasteiger partial charge in [0.15, 0.2) is 0 Å². The molecule has 0 bridgehead atoms. The summed E-state index contributed by atoms with van der Waals surface area (Å²) >= 11 is 0. The molecule has 0 aliphatic carbocycles. The Morgan fingerprint density at radius 2 is 1.73 bits per heavy atom. The maximum absolute atomic E-state index is 12.6. The highest BCUT2D eigenvalue weighted by atomic mass is 16.5. The Bertz CT molecular complexity index is 806. The average molecular weight is 354 g/mol. The Morgan fingerprint density at radius 1 is 1.08 bits per heavy atom. The molecule has 0 radical (unpaired) electrons. The van der Waals surface area contributed by atoms with E-state index in [0.717, 1.165) is 11.3 Å². The van der Waals surface area contributed by atoms with Crippen molar-refractivity contribution in [2.75, 3.05) is 26.1 Å². The molecule has 3 rings (SSSR count). The van der Waals surface area contributed by atoms with Crippen molar-refractivity contribution < 1.29 is 19.1 Å². The number of rotatable bonds is 6. The van der Waals surface area contributed by atoms with Gasteiger partial charge in [-0.25, -0.2) is 0 Å². The summed E-state index contributed by atoms with van der Waals surface area (Å²) in [5.41, 5.74) is 1.53. The van der Waals surface area contributed by atoms with E-state index in [1.807, 2.05) is 36.4 Å². The Morgan fingerprint density at radius 3 is 2.46 bits per heavy atom. The maximum atomic E-state index is 12.6. The topological polar surface area (TPSA) is 67.9 Å². The quantitative estimate of drug-likeness (QED) is 0.866. The number of benzene rings is 2. The van der Waals surface area contributed by atoms with E-state index in [0.29, 0.717) is 24.5 Å². The van der Waals surface area contributed by atoms with Crippen LogP contribution in [0.4, 0.5) is 5.69 Å². The zero-order valence-electron chi connectivity index (χ0n) is 14.9. The highest BCUT2D eigenvalue weighted by molar-refractivity contribution is 5.98. The number of amides is 2. The maximum Gasteiger partial charge on any atom is 0.229 e. The number of methoxy groups -OCH3 is 2. The number of hydrogen-bond donors (Lipinski definition) is 1. The fraction of sp³-hybridized carbons (Fsp3) is 0.300. The van der Waals surface area contributed by atoms with Crippen LogP contribution in [-0.4, -0.2) is 37.5 Å². The number of carbonyl (C=O) groups is 2. The molecule has 1 fully saturated rings. The zero-order chi connectivity index (χ0) is 18.5. The van der Waals surface area contributed by atoms with Gasteiger partial charge in [0.05, 0.1) is 25.8 Å². The van der Waals surface area contributed by atoms with E-state index in [1.165, 1.54) is 0 Å². The Kier molecular flexibility index (Phi) is 5.41. The highest BCUT2D eigenvalue weighted by Crippen LogP contribution is 2.27. The predicted molar refractivity (Wildman–Crippen MR) is 98.1 cm³/mol. The van der Waals surface area contributed by atoms with Gasteiger partial charge in [-0.05, 0) is 18.2 Å². The van der Waals surface area contributed by atoms with Crippen LogP contribution >= 0.6 is 0 Å². The number of hydrogen-bond acceptors (Lipinski definition) is 4. The molecule has 6 heteroatoms. The molecule has 1 heterocycles. The lowest BCUT2D eigenvalue weighted by Crippen LogP contribution is -2.28. The fourth-order valence-electron chi connectivity index (χ4n) is 3.12. The number of para-hydroxylation sites is 3. The van der Waals surface area contributed by atoms with E-state index in [1.54, 1.807) is 31.3 Å². The van der Waals surface area contributed by atoms with Crippen LogP contribution in [0, 0.1) is 5.92 Å². The number of carbonyl (C=O) groups excluding carboxylic acids is 2. The summed E-state index contributed by atoms with van der Waals surface area (Å²) < 4.78 is 10.6. The first-order valence-electron chi connectivity index (χ1n) is 8.46. The highest BCUT2D eigenvalue weighted by Gasteiger charge is 2.34. The van der Waals surface area contributed by atoms with Crippen LogP contribution in [0.15, 0.2) is 48.5 Å². The number of anilines is 1. The minimum atomic E-state index is -0.387. The van der Waals surface area contributed by atoms with Gasteiger partial charge >= 0.3 is 0 Å². The molecule has 2 aromatic rings.